The number of carbonyl (C=O) groups is 2. The van der Waals surface area contributed by atoms with E-state index in [1.54, 1.807) is 18.3 Å². The summed E-state index contributed by atoms with van der Waals surface area (Å²) in [6, 6.07) is 19.4. The number of ketones is 2. The standard InChI is InChI=1S/C34H29FN2O3/c1-4-28(38)31-27-17-23(9-12-30(27)40-32(31)22-7-10-25(35)11-8-22)26-18-24(6-5-20(26)2)29(39)19-34(14-15-34)33-36-16-13-21(3)37-33/h5-13,16-18H,4,14-15,19H2,1-3H3. The fourth-order valence-corrected chi connectivity index (χ4v) is 5.37. The number of carbonyl (C=O) groups excluding carboxylic acids is 2. The van der Waals surface area contributed by atoms with Crippen LogP contribution < -0.4 is 0 Å². The first-order valence-electron chi connectivity index (χ1n) is 13.6. The molecule has 0 aliphatic heterocycles. The number of hydrogen-bond donors (Lipinski definition) is 0. The van der Waals surface area contributed by atoms with Gasteiger partial charge in [-0.1, -0.05) is 25.1 Å². The zero-order chi connectivity index (χ0) is 28.0. The second kappa shape index (κ2) is 9.94. The van der Waals surface area contributed by atoms with E-state index in [1.165, 1.54) is 12.1 Å². The van der Waals surface area contributed by atoms with Gasteiger partial charge in [0.1, 0.15) is 23.0 Å². The van der Waals surface area contributed by atoms with Gasteiger partial charge in [-0.05, 0) is 91.9 Å². The van der Waals surface area contributed by atoms with Gasteiger partial charge in [-0.3, -0.25) is 9.59 Å². The van der Waals surface area contributed by atoms with Gasteiger partial charge >= 0.3 is 0 Å². The Morgan fingerprint density at radius 3 is 2.38 bits per heavy atom. The molecule has 0 atom stereocenters. The van der Waals surface area contributed by atoms with Gasteiger partial charge in [-0.25, -0.2) is 14.4 Å². The molecule has 1 saturated carbocycles. The minimum absolute atomic E-state index is 0.0519. The molecule has 0 radical (unpaired) electrons. The molecule has 0 amide bonds. The van der Waals surface area contributed by atoms with Crippen LogP contribution >= 0.6 is 0 Å². The van der Waals surface area contributed by atoms with Crippen LogP contribution in [0.1, 0.15) is 70.4 Å². The van der Waals surface area contributed by atoms with Crippen LogP contribution in [0.25, 0.3) is 33.4 Å². The number of fused-ring (bicyclic) bond motifs is 1. The SMILES string of the molecule is CCC(=O)c1c(-c2ccc(F)cc2)oc2ccc(-c3cc(C(=O)CC4(c5nccc(C)n5)CC4)ccc3C)cc12. The maximum atomic E-state index is 13.6. The quantitative estimate of drug-likeness (QED) is 0.188. The molecule has 0 N–H and O–H groups in total. The largest absolute Gasteiger partial charge is 0.455 e. The number of aromatic nitrogens is 2. The van der Waals surface area contributed by atoms with E-state index in [2.05, 4.69) is 9.97 Å². The average Bonchev–Trinajstić information content (AvgIpc) is 3.64. The lowest BCUT2D eigenvalue weighted by Gasteiger charge is -2.14. The summed E-state index contributed by atoms with van der Waals surface area (Å²) >= 11 is 0. The van der Waals surface area contributed by atoms with Crippen molar-refractivity contribution < 1.29 is 18.4 Å². The molecule has 1 aliphatic carbocycles. The van der Waals surface area contributed by atoms with E-state index in [1.807, 2.05) is 63.2 Å². The Hall–Kier alpha value is -4.45. The maximum absolute atomic E-state index is 13.6. The first-order chi connectivity index (χ1) is 19.3. The average molecular weight is 533 g/mol. The highest BCUT2D eigenvalue weighted by Crippen LogP contribution is 2.50. The Morgan fingerprint density at radius 1 is 0.925 bits per heavy atom. The summed E-state index contributed by atoms with van der Waals surface area (Å²) in [5.41, 5.74) is 5.81. The number of furan rings is 1. The van der Waals surface area contributed by atoms with Crippen LogP contribution in [-0.2, 0) is 5.41 Å². The van der Waals surface area contributed by atoms with Crippen LogP contribution in [0, 0.1) is 19.7 Å². The van der Waals surface area contributed by atoms with Gasteiger partial charge in [0.05, 0.1) is 5.56 Å². The van der Waals surface area contributed by atoms with Gasteiger partial charge in [0.15, 0.2) is 11.6 Å². The summed E-state index contributed by atoms with van der Waals surface area (Å²) in [6.45, 7) is 5.76. The molecular formula is C34H29FN2O3. The van der Waals surface area contributed by atoms with Gasteiger partial charge in [0.2, 0.25) is 0 Å². The van der Waals surface area contributed by atoms with Crippen molar-refractivity contribution in [1.82, 2.24) is 9.97 Å². The van der Waals surface area contributed by atoms with E-state index in [0.29, 0.717) is 46.3 Å². The lowest BCUT2D eigenvalue weighted by molar-refractivity contribution is 0.0965. The summed E-state index contributed by atoms with van der Waals surface area (Å²) in [5.74, 6) is 0.850. The number of benzene rings is 3. The van der Waals surface area contributed by atoms with Crippen molar-refractivity contribution >= 4 is 22.5 Å². The number of rotatable bonds is 8. The van der Waals surface area contributed by atoms with Gasteiger partial charge in [0, 0.05) is 46.7 Å². The molecule has 200 valence electrons. The Balaban J connectivity index is 1.38. The fraction of sp³-hybridized carbons (Fsp3) is 0.235. The van der Waals surface area contributed by atoms with Crippen LogP contribution in [0.5, 0.6) is 0 Å². The highest BCUT2D eigenvalue weighted by Gasteiger charge is 2.48. The van der Waals surface area contributed by atoms with Crippen LogP contribution in [0.3, 0.4) is 0 Å². The Kier molecular flexibility index (Phi) is 6.41. The van der Waals surface area contributed by atoms with Crippen molar-refractivity contribution in [2.75, 3.05) is 0 Å². The molecule has 0 spiro atoms. The number of hydrogen-bond acceptors (Lipinski definition) is 5. The van der Waals surface area contributed by atoms with Crippen LogP contribution in [0.4, 0.5) is 4.39 Å². The molecule has 5 aromatic rings. The molecule has 1 fully saturated rings. The van der Waals surface area contributed by atoms with Crippen molar-refractivity contribution in [3.8, 4) is 22.5 Å². The number of aryl methyl sites for hydroxylation is 2. The fourth-order valence-electron chi connectivity index (χ4n) is 5.37. The van der Waals surface area contributed by atoms with Crippen molar-refractivity contribution in [3.63, 3.8) is 0 Å². The van der Waals surface area contributed by atoms with Crippen molar-refractivity contribution in [2.45, 2.75) is 51.9 Å². The third kappa shape index (κ3) is 4.64. The predicted molar refractivity (Wildman–Crippen MR) is 153 cm³/mol. The summed E-state index contributed by atoms with van der Waals surface area (Å²) in [6.07, 6.45) is 4.25. The molecule has 6 heteroatoms. The van der Waals surface area contributed by atoms with E-state index in [4.69, 9.17) is 4.42 Å². The van der Waals surface area contributed by atoms with E-state index in [-0.39, 0.29) is 22.8 Å². The van der Waals surface area contributed by atoms with Crippen molar-refractivity contribution in [3.05, 3.63) is 107 Å². The first kappa shape index (κ1) is 25.8. The molecule has 2 heterocycles. The lowest BCUT2D eigenvalue weighted by atomic mass is 9.91. The second-order valence-corrected chi connectivity index (χ2v) is 10.7. The third-order valence-corrected chi connectivity index (χ3v) is 7.89. The summed E-state index contributed by atoms with van der Waals surface area (Å²) < 4.78 is 19.7. The molecule has 6 rings (SSSR count). The van der Waals surface area contributed by atoms with Gasteiger partial charge < -0.3 is 4.42 Å². The molecule has 40 heavy (non-hydrogen) atoms. The van der Waals surface area contributed by atoms with E-state index >= 15 is 0 Å². The summed E-state index contributed by atoms with van der Waals surface area (Å²) in [5, 5.41) is 0.702. The Bertz CT molecular complexity index is 1780. The summed E-state index contributed by atoms with van der Waals surface area (Å²) in [7, 11) is 0. The zero-order valence-corrected chi connectivity index (χ0v) is 22.8. The molecule has 0 bridgehead atoms. The third-order valence-electron chi connectivity index (χ3n) is 7.89. The number of halogens is 1. The Labute approximate surface area is 232 Å². The van der Waals surface area contributed by atoms with Crippen LogP contribution in [0.15, 0.2) is 77.3 Å². The van der Waals surface area contributed by atoms with Gasteiger partial charge in [0.25, 0.3) is 0 Å². The monoisotopic (exact) mass is 532 g/mol. The molecular weight excluding hydrogens is 503 g/mol. The highest BCUT2D eigenvalue weighted by atomic mass is 19.1. The smallest absolute Gasteiger partial charge is 0.167 e. The van der Waals surface area contributed by atoms with E-state index in [0.717, 1.165) is 41.1 Å². The maximum Gasteiger partial charge on any atom is 0.167 e. The molecule has 5 nitrogen and oxygen atoms in total. The number of Topliss-reactive ketones (excluding diaryl/α,β-unsaturated/α-hetero) is 2. The molecule has 3 aromatic carbocycles. The predicted octanol–water partition coefficient (Wildman–Crippen LogP) is 8.21. The minimum atomic E-state index is -0.352. The number of nitrogens with zero attached hydrogens (tertiary/aromatic N) is 2. The minimum Gasteiger partial charge on any atom is -0.455 e. The van der Waals surface area contributed by atoms with Crippen LogP contribution in [-0.4, -0.2) is 21.5 Å². The summed E-state index contributed by atoms with van der Waals surface area (Å²) in [4.78, 5) is 35.7. The molecule has 2 aromatic heterocycles. The molecule has 0 saturated heterocycles. The van der Waals surface area contributed by atoms with Gasteiger partial charge in [-0.15, -0.1) is 0 Å². The topological polar surface area (TPSA) is 73.1 Å². The first-order valence-corrected chi connectivity index (χ1v) is 13.6. The van der Waals surface area contributed by atoms with Crippen LogP contribution in [0.2, 0.25) is 0 Å². The van der Waals surface area contributed by atoms with Gasteiger partial charge in [-0.2, -0.15) is 0 Å². The zero-order valence-electron chi connectivity index (χ0n) is 22.8. The second-order valence-electron chi connectivity index (χ2n) is 10.7. The van der Waals surface area contributed by atoms with E-state index in [9.17, 15) is 14.0 Å². The van der Waals surface area contributed by atoms with Crippen molar-refractivity contribution in [2.24, 2.45) is 0 Å². The molecule has 0 unspecified atom stereocenters. The highest BCUT2D eigenvalue weighted by molar-refractivity contribution is 6.12. The lowest BCUT2D eigenvalue weighted by Crippen LogP contribution is -2.17. The van der Waals surface area contributed by atoms with Crippen molar-refractivity contribution in [1.29, 1.82) is 0 Å². The Morgan fingerprint density at radius 2 is 1.68 bits per heavy atom. The normalized spacial score (nSPS) is 13.9. The van der Waals surface area contributed by atoms with E-state index < -0.39 is 0 Å². The molecule has 1 aliphatic rings.